The molecular weight excluding hydrogens is 386 g/mol. The number of imide groups is 2. The van der Waals surface area contributed by atoms with E-state index in [9.17, 15) is 34.7 Å². The number of nitrogens with one attached hydrogen (secondary N) is 1. The molecule has 0 aliphatic carbocycles. The van der Waals surface area contributed by atoms with Crippen LogP contribution in [0.2, 0.25) is 0 Å². The summed E-state index contributed by atoms with van der Waals surface area (Å²) in [5.41, 5.74) is -1.05. The fraction of sp³-hybridized carbons (Fsp3) is 0.0556. The quantitative estimate of drug-likeness (QED) is 0.303. The lowest BCUT2D eigenvalue weighted by Gasteiger charge is -2.26. The van der Waals surface area contributed by atoms with Crippen molar-refractivity contribution in [2.45, 2.75) is 0 Å². The molecule has 1 aliphatic heterocycles. The normalized spacial score (nSPS) is 15.4. The van der Waals surface area contributed by atoms with Gasteiger partial charge in [0.05, 0.1) is 17.7 Å². The van der Waals surface area contributed by atoms with Gasteiger partial charge >= 0.3 is 11.7 Å². The number of anilines is 1. The Bertz CT molecular complexity index is 1080. The maximum absolute atomic E-state index is 12.8. The van der Waals surface area contributed by atoms with E-state index in [1.807, 2.05) is 5.32 Å². The van der Waals surface area contributed by atoms with Gasteiger partial charge < -0.3 is 14.9 Å². The number of hydrogen-bond donors (Lipinski definition) is 3. The van der Waals surface area contributed by atoms with Crippen LogP contribution in [0.25, 0.3) is 6.08 Å². The number of benzene rings is 2. The molecule has 1 heterocycles. The number of barbiturate groups is 1. The molecule has 0 spiro atoms. The van der Waals surface area contributed by atoms with Crippen LogP contribution < -0.4 is 15.0 Å². The summed E-state index contributed by atoms with van der Waals surface area (Å²) < 4.78 is 4.88. The number of carbonyl (C=O) groups is 3. The van der Waals surface area contributed by atoms with Crippen molar-refractivity contribution in [2.24, 2.45) is 0 Å². The fourth-order valence-electron chi connectivity index (χ4n) is 2.65. The van der Waals surface area contributed by atoms with Gasteiger partial charge in [-0.2, -0.15) is 0 Å². The molecule has 2 aromatic rings. The van der Waals surface area contributed by atoms with Crippen molar-refractivity contribution in [3.63, 3.8) is 0 Å². The van der Waals surface area contributed by atoms with Crippen molar-refractivity contribution in [1.29, 1.82) is 0 Å². The number of nitro groups is 1. The Morgan fingerprint density at radius 1 is 1.14 bits per heavy atom. The van der Waals surface area contributed by atoms with Crippen LogP contribution in [0.4, 0.5) is 16.2 Å². The summed E-state index contributed by atoms with van der Waals surface area (Å²) in [4.78, 5) is 48.0. The predicted octanol–water partition coefficient (Wildman–Crippen LogP) is 1.68. The lowest BCUT2D eigenvalue weighted by atomic mass is 10.1. The fourth-order valence-corrected chi connectivity index (χ4v) is 2.65. The second-order valence-electron chi connectivity index (χ2n) is 5.82. The molecule has 3 rings (SSSR count). The third-order valence-corrected chi connectivity index (χ3v) is 4.01. The molecule has 0 radical (unpaired) electrons. The van der Waals surface area contributed by atoms with E-state index in [1.165, 1.54) is 37.4 Å². The molecule has 1 fully saturated rings. The Morgan fingerprint density at radius 3 is 2.38 bits per heavy atom. The van der Waals surface area contributed by atoms with Gasteiger partial charge in [0.1, 0.15) is 11.3 Å². The van der Waals surface area contributed by atoms with Gasteiger partial charge in [0.2, 0.25) is 5.75 Å². The van der Waals surface area contributed by atoms with Crippen molar-refractivity contribution in [1.82, 2.24) is 5.32 Å². The van der Waals surface area contributed by atoms with Gasteiger partial charge in [-0.1, -0.05) is 0 Å². The highest BCUT2D eigenvalue weighted by Gasteiger charge is 2.37. The molecular formula is C18H13N3O8. The van der Waals surface area contributed by atoms with Crippen LogP contribution in [-0.4, -0.2) is 40.1 Å². The Labute approximate surface area is 162 Å². The first-order valence-electron chi connectivity index (χ1n) is 7.98. The van der Waals surface area contributed by atoms with Crippen molar-refractivity contribution < 1.29 is 34.3 Å². The lowest BCUT2D eigenvalue weighted by Crippen LogP contribution is -2.54. The molecule has 0 aromatic heterocycles. The van der Waals surface area contributed by atoms with Crippen LogP contribution in [0.1, 0.15) is 5.56 Å². The number of nitro benzene ring substituents is 1. The first-order valence-corrected chi connectivity index (χ1v) is 7.98. The summed E-state index contributed by atoms with van der Waals surface area (Å²) in [6.07, 6.45) is 1.03. The first kappa shape index (κ1) is 19.4. The number of amides is 4. The van der Waals surface area contributed by atoms with Gasteiger partial charge in [0.25, 0.3) is 11.8 Å². The van der Waals surface area contributed by atoms with Gasteiger partial charge in [0, 0.05) is 6.07 Å². The summed E-state index contributed by atoms with van der Waals surface area (Å²) in [6.45, 7) is 0. The Hall–Kier alpha value is -4.41. The molecule has 2 aromatic carbocycles. The molecule has 0 bridgehead atoms. The van der Waals surface area contributed by atoms with Gasteiger partial charge in [-0.3, -0.25) is 25.0 Å². The van der Waals surface area contributed by atoms with E-state index in [0.717, 1.165) is 12.1 Å². The SMILES string of the molecule is COc1cc(/C=C2\C(=O)NC(=O)N(c3ccc(O)cc3)C2=O)cc([N+](=O)[O-])c1O. The van der Waals surface area contributed by atoms with E-state index in [1.54, 1.807) is 0 Å². The summed E-state index contributed by atoms with van der Waals surface area (Å²) >= 11 is 0. The minimum atomic E-state index is -0.996. The lowest BCUT2D eigenvalue weighted by molar-refractivity contribution is -0.386. The number of aromatic hydroxyl groups is 2. The maximum atomic E-state index is 12.8. The maximum Gasteiger partial charge on any atom is 0.335 e. The van der Waals surface area contributed by atoms with Gasteiger partial charge in [0.15, 0.2) is 5.75 Å². The number of hydrogen-bond acceptors (Lipinski definition) is 8. The highest BCUT2D eigenvalue weighted by atomic mass is 16.6. The average Bonchev–Trinajstić information content (AvgIpc) is 2.67. The zero-order valence-electron chi connectivity index (χ0n) is 14.8. The molecule has 11 heteroatoms. The second-order valence-corrected chi connectivity index (χ2v) is 5.82. The highest BCUT2D eigenvalue weighted by Crippen LogP contribution is 2.37. The summed E-state index contributed by atoms with van der Waals surface area (Å²) in [7, 11) is 1.18. The van der Waals surface area contributed by atoms with Gasteiger partial charge in [-0.25, -0.2) is 9.69 Å². The van der Waals surface area contributed by atoms with Gasteiger partial charge in [-0.05, 0) is 42.0 Å². The molecule has 1 saturated heterocycles. The molecule has 4 amide bonds. The minimum Gasteiger partial charge on any atom is -0.508 e. The monoisotopic (exact) mass is 399 g/mol. The van der Waals surface area contributed by atoms with E-state index in [0.29, 0.717) is 4.90 Å². The zero-order valence-corrected chi connectivity index (χ0v) is 14.8. The van der Waals surface area contributed by atoms with E-state index in [4.69, 9.17) is 4.74 Å². The number of ether oxygens (including phenoxy) is 1. The van der Waals surface area contributed by atoms with Crippen LogP contribution >= 0.6 is 0 Å². The number of rotatable bonds is 4. The van der Waals surface area contributed by atoms with Crippen LogP contribution in [-0.2, 0) is 9.59 Å². The molecule has 1 aliphatic rings. The second kappa shape index (κ2) is 7.31. The third-order valence-electron chi connectivity index (χ3n) is 4.01. The van der Waals surface area contributed by atoms with Crippen molar-refractivity contribution in [3.05, 3.63) is 57.6 Å². The van der Waals surface area contributed by atoms with E-state index in [-0.39, 0.29) is 22.7 Å². The Morgan fingerprint density at radius 2 is 1.79 bits per heavy atom. The molecule has 0 saturated carbocycles. The topological polar surface area (TPSA) is 159 Å². The molecule has 0 unspecified atom stereocenters. The standard InChI is InChI=1S/C18H13N3O8/c1-29-14-8-9(7-13(15(14)23)21(27)28)6-12-16(24)19-18(26)20(17(12)25)10-2-4-11(22)5-3-10/h2-8,22-23H,1H3,(H,19,24,26)/b12-6+. The molecule has 0 atom stereocenters. The zero-order chi connectivity index (χ0) is 21.3. The minimum absolute atomic E-state index is 0.0184. The smallest absolute Gasteiger partial charge is 0.335 e. The molecule has 29 heavy (non-hydrogen) atoms. The van der Waals surface area contributed by atoms with Crippen molar-refractivity contribution in [2.75, 3.05) is 12.0 Å². The van der Waals surface area contributed by atoms with E-state index < -0.39 is 39.8 Å². The molecule has 3 N–H and O–H groups in total. The number of carbonyl (C=O) groups excluding carboxylic acids is 3. The number of urea groups is 1. The van der Waals surface area contributed by atoms with Crippen LogP contribution in [0.5, 0.6) is 17.2 Å². The highest BCUT2D eigenvalue weighted by molar-refractivity contribution is 6.39. The van der Waals surface area contributed by atoms with E-state index in [2.05, 4.69) is 0 Å². The summed E-state index contributed by atoms with van der Waals surface area (Å²) in [5, 5.41) is 32.3. The Kier molecular flexibility index (Phi) is 4.88. The third kappa shape index (κ3) is 3.56. The number of phenolic OH excluding ortho intramolecular Hbond substituents is 2. The van der Waals surface area contributed by atoms with Crippen LogP contribution in [0, 0.1) is 10.1 Å². The number of nitrogens with zero attached hydrogens (tertiary/aromatic N) is 2. The van der Waals surface area contributed by atoms with Gasteiger partial charge in [-0.15, -0.1) is 0 Å². The van der Waals surface area contributed by atoms with E-state index >= 15 is 0 Å². The average molecular weight is 399 g/mol. The summed E-state index contributed by atoms with van der Waals surface area (Å²) in [6, 6.07) is 6.26. The Balaban J connectivity index is 2.08. The molecule has 148 valence electrons. The van der Waals surface area contributed by atoms with Crippen molar-refractivity contribution in [3.8, 4) is 17.2 Å². The van der Waals surface area contributed by atoms with Crippen molar-refractivity contribution >= 4 is 35.3 Å². The van der Waals surface area contributed by atoms with Crippen LogP contribution in [0.3, 0.4) is 0 Å². The number of phenols is 2. The number of methoxy groups -OCH3 is 1. The first-order chi connectivity index (χ1) is 13.7. The summed E-state index contributed by atoms with van der Waals surface area (Å²) in [5.74, 6) is -3.00. The largest absolute Gasteiger partial charge is 0.508 e. The molecule has 11 nitrogen and oxygen atoms in total. The van der Waals surface area contributed by atoms with Crippen LogP contribution in [0.15, 0.2) is 42.0 Å². The predicted molar refractivity (Wildman–Crippen MR) is 98.4 cm³/mol.